The maximum atomic E-state index is 12.5. The number of rotatable bonds is 4. The number of aryl methyl sites for hydroxylation is 1. The number of benzene rings is 2. The van der Waals surface area contributed by atoms with Crippen LogP contribution >= 0.6 is 0 Å². The van der Waals surface area contributed by atoms with E-state index in [9.17, 15) is 9.59 Å². The molecule has 0 saturated carbocycles. The molecule has 4 heteroatoms. The summed E-state index contributed by atoms with van der Waals surface area (Å²) in [4.78, 5) is 25.6. The van der Waals surface area contributed by atoms with E-state index in [0.717, 1.165) is 16.3 Å². The molecule has 0 N–H and O–H groups in total. The van der Waals surface area contributed by atoms with Crippen molar-refractivity contribution in [1.82, 2.24) is 4.90 Å². The lowest BCUT2D eigenvalue weighted by Gasteiger charge is -2.22. The van der Waals surface area contributed by atoms with Gasteiger partial charge < -0.3 is 4.74 Å². The summed E-state index contributed by atoms with van der Waals surface area (Å²) in [6.07, 6.45) is 0.424. The normalized spacial score (nSPS) is 17.8. The Balaban J connectivity index is 1.74. The predicted octanol–water partition coefficient (Wildman–Crippen LogP) is 3.78. The van der Waals surface area contributed by atoms with Gasteiger partial charge in [0.15, 0.2) is 0 Å². The summed E-state index contributed by atoms with van der Waals surface area (Å²) in [6.45, 7) is 4.30. The molecule has 0 aromatic heterocycles. The zero-order chi connectivity index (χ0) is 16.4. The molecule has 1 aliphatic rings. The fourth-order valence-corrected chi connectivity index (χ4v) is 3.09. The number of fused-ring (bicyclic) bond motifs is 1. The second kappa shape index (κ2) is 6.41. The van der Waals surface area contributed by atoms with Crippen LogP contribution in [0.3, 0.4) is 0 Å². The Morgan fingerprint density at radius 2 is 1.96 bits per heavy atom. The molecule has 23 heavy (non-hydrogen) atoms. The van der Waals surface area contributed by atoms with Gasteiger partial charge in [-0.25, -0.2) is 9.69 Å². The minimum absolute atomic E-state index is 0.150. The Labute approximate surface area is 136 Å². The molecule has 1 fully saturated rings. The largest absolute Gasteiger partial charge is 0.447 e. The SMILES string of the molecule is CC(C)[C@H]1COC(=O)N1C(=O)CCc1cccc2ccccc12. The van der Waals surface area contributed by atoms with E-state index in [0.29, 0.717) is 19.4 Å². The van der Waals surface area contributed by atoms with Gasteiger partial charge in [-0.1, -0.05) is 56.3 Å². The van der Waals surface area contributed by atoms with E-state index in [4.69, 9.17) is 4.74 Å². The number of cyclic esters (lactones) is 1. The highest BCUT2D eigenvalue weighted by Gasteiger charge is 2.39. The van der Waals surface area contributed by atoms with E-state index < -0.39 is 6.09 Å². The summed E-state index contributed by atoms with van der Waals surface area (Å²) in [5.74, 6) is 0.0436. The minimum atomic E-state index is -0.508. The average Bonchev–Trinajstić information content (AvgIpc) is 2.94. The summed E-state index contributed by atoms with van der Waals surface area (Å²) >= 11 is 0. The number of ether oxygens (including phenoxy) is 1. The molecule has 2 amide bonds. The first-order valence-corrected chi connectivity index (χ1v) is 8.03. The van der Waals surface area contributed by atoms with Crippen molar-refractivity contribution in [3.63, 3.8) is 0 Å². The molecular weight excluding hydrogens is 290 g/mol. The van der Waals surface area contributed by atoms with Gasteiger partial charge in [-0.2, -0.15) is 0 Å². The maximum absolute atomic E-state index is 12.5. The van der Waals surface area contributed by atoms with Crippen LogP contribution in [-0.4, -0.2) is 29.5 Å². The summed E-state index contributed by atoms with van der Waals surface area (Å²) in [5.41, 5.74) is 1.13. The minimum Gasteiger partial charge on any atom is -0.447 e. The summed E-state index contributed by atoms with van der Waals surface area (Å²) in [7, 11) is 0. The molecule has 1 saturated heterocycles. The molecular formula is C19H21NO3. The van der Waals surface area contributed by atoms with Crippen LogP contribution in [-0.2, 0) is 16.0 Å². The molecule has 0 aliphatic carbocycles. The lowest BCUT2D eigenvalue weighted by atomic mass is 10.00. The van der Waals surface area contributed by atoms with Gasteiger partial charge in [0.1, 0.15) is 6.61 Å². The quantitative estimate of drug-likeness (QED) is 0.863. The molecule has 1 heterocycles. The van der Waals surface area contributed by atoms with Gasteiger partial charge in [-0.05, 0) is 28.7 Å². The second-order valence-corrected chi connectivity index (χ2v) is 6.29. The fourth-order valence-electron chi connectivity index (χ4n) is 3.09. The van der Waals surface area contributed by atoms with Gasteiger partial charge in [0.2, 0.25) is 5.91 Å². The smallest absolute Gasteiger partial charge is 0.416 e. The van der Waals surface area contributed by atoms with E-state index in [-0.39, 0.29) is 17.9 Å². The average molecular weight is 311 g/mol. The van der Waals surface area contributed by atoms with E-state index in [1.165, 1.54) is 4.90 Å². The van der Waals surface area contributed by atoms with Gasteiger partial charge >= 0.3 is 6.09 Å². The molecule has 2 aromatic rings. The van der Waals surface area contributed by atoms with E-state index >= 15 is 0 Å². The third kappa shape index (κ3) is 3.07. The topological polar surface area (TPSA) is 46.6 Å². The lowest BCUT2D eigenvalue weighted by molar-refractivity contribution is -0.129. The van der Waals surface area contributed by atoms with Crippen LogP contribution < -0.4 is 0 Å². The van der Waals surface area contributed by atoms with Gasteiger partial charge in [0.05, 0.1) is 6.04 Å². The zero-order valence-corrected chi connectivity index (χ0v) is 13.5. The van der Waals surface area contributed by atoms with Crippen molar-refractivity contribution in [2.75, 3.05) is 6.61 Å². The Hall–Kier alpha value is -2.36. The van der Waals surface area contributed by atoms with Crippen molar-refractivity contribution in [2.24, 2.45) is 5.92 Å². The monoisotopic (exact) mass is 311 g/mol. The molecule has 120 valence electrons. The molecule has 1 aliphatic heterocycles. The van der Waals surface area contributed by atoms with Gasteiger partial charge in [0, 0.05) is 6.42 Å². The predicted molar refractivity (Wildman–Crippen MR) is 89.1 cm³/mol. The van der Waals surface area contributed by atoms with Crippen molar-refractivity contribution in [2.45, 2.75) is 32.7 Å². The van der Waals surface area contributed by atoms with E-state index in [2.05, 4.69) is 18.2 Å². The summed E-state index contributed by atoms with van der Waals surface area (Å²) < 4.78 is 5.05. The van der Waals surface area contributed by atoms with Crippen molar-refractivity contribution in [3.8, 4) is 0 Å². The maximum Gasteiger partial charge on any atom is 0.416 e. The molecule has 1 atom stereocenters. The van der Waals surface area contributed by atoms with Gasteiger partial charge in [-0.15, -0.1) is 0 Å². The number of amides is 2. The second-order valence-electron chi connectivity index (χ2n) is 6.29. The van der Waals surface area contributed by atoms with Crippen LogP contribution in [0.1, 0.15) is 25.8 Å². The van der Waals surface area contributed by atoms with Crippen molar-refractivity contribution in [1.29, 1.82) is 0 Å². The zero-order valence-electron chi connectivity index (χ0n) is 13.5. The Morgan fingerprint density at radius 3 is 2.74 bits per heavy atom. The van der Waals surface area contributed by atoms with Crippen LogP contribution in [0.2, 0.25) is 0 Å². The van der Waals surface area contributed by atoms with E-state index in [1.807, 2.05) is 38.1 Å². The number of nitrogens with zero attached hydrogens (tertiary/aromatic N) is 1. The van der Waals surface area contributed by atoms with Gasteiger partial charge in [-0.3, -0.25) is 4.79 Å². The first kappa shape index (κ1) is 15.5. The number of carbonyl (C=O) groups is 2. The first-order valence-electron chi connectivity index (χ1n) is 8.03. The summed E-state index contributed by atoms with van der Waals surface area (Å²) in [6, 6.07) is 14.1. The standard InChI is InChI=1S/C19H21NO3/c1-13(2)17-12-23-19(22)20(17)18(21)11-10-15-8-5-7-14-6-3-4-9-16(14)15/h3-9,13,17H,10-12H2,1-2H3/t17-/m1/s1. The lowest BCUT2D eigenvalue weighted by Crippen LogP contribution is -2.41. The van der Waals surface area contributed by atoms with Crippen molar-refractivity contribution in [3.05, 3.63) is 48.0 Å². The first-order chi connectivity index (χ1) is 11.1. The third-order valence-electron chi connectivity index (χ3n) is 4.43. The Morgan fingerprint density at radius 1 is 1.22 bits per heavy atom. The molecule has 0 unspecified atom stereocenters. The summed E-state index contributed by atoms with van der Waals surface area (Å²) in [5, 5.41) is 2.32. The van der Waals surface area contributed by atoms with Crippen LogP contribution in [0.5, 0.6) is 0 Å². The highest BCUT2D eigenvalue weighted by Crippen LogP contribution is 2.23. The molecule has 0 bridgehead atoms. The third-order valence-corrected chi connectivity index (χ3v) is 4.43. The van der Waals surface area contributed by atoms with Crippen LogP contribution in [0.4, 0.5) is 4.79 Å². The molecule has 0 spiro atoms. The molecule has 3 rings (SSSR count). The number of hydrogen-bond donors (Lipinski definition) is 0. The van der Waals surface area contributed by atoms with E-state index in [1.54, 1.807) is 0 Å². The van der Waals surface area contributed by atoms with Crippen LogP contribution in [0.25, 0.3) is 10.8 Å². The number of carbonyl (C=O) groups excluding carboxylic acids is 2. The Kier molecular flexibility index (Phi) is 4.33. The molecule has 4 nitrogen and oxygen atoms in total. The molecule has 0 radical (unpaired) electrons. The van der Waals surface area contributed by atoms with Crippen molar-refractivity contribution >= 4 is 22.8 Å². The molecule has 2 aromatic carbocycles. The highest BCUT2D eigenvalue weighted by atomic mass is 16.6. The highest BCUT2D eigenvalue weighted by molar-refractivity contribution is 5.94. The van der Waals surface area contributed by atoms with Crippen molar-refractivity contribution < 1.29 is 14.3 Å². The van der Waals surface area contributed by atoms with Gasteiger partial charge in [0.25, 0.3) is 0 Å². The fraction of sp³-hybridized carbons (Fsp3) is 0.368. The Bertz CT molecular complexity index is 733. The van der Waals surface area contributed by atoms with Crippen LogP contribution in [0.15, 0.2) is 42.5 Å². The number of imide groups is 1. The van der Waals surface area contributed by atoms with Crippen LogP contribution in [0, 0.1) is 5.92 Å². The number of hydrogen-bond acceptors (Lipinski definition) is 3.